The van der Waals surface area contributed by atoms with E-state index in [0.29, 0.717) is 5.82 Å². The van der Waals surface area contributed by atoms with Gasteiger partial charge in [-0.1, -0.05) is 127 Å². The largest absolute Gasteiger partial charge is 0.309 e. The molecule has 242 valence electrons. The van der Waals surface area contributed by atoms with Crippen LogP contribution in [0.15, 0.2) is 182 Å². The van der Waals surface area contributed by atoms with Gasteiger partial charge in [0.15, 0.2) is 5.82 Å². The quantitative estimate of drug-likeness (QED) is 0.188. The van der Waals surface area contributed by atoms with E-state index in [4.69, 9.17) is 9.97 Å². The predicted octanol–water partition coefficient (Wildman–Crippen LogP) is 12.3. The average molecular weight is 663 g/mol. The summed E-state index contributed by atoms with van der Waals surface area (Å²) in [6, 6.07) is 64.8. The third kappa shape index (κ3) is 4.28. The van der Waals surface area contributed by atoms with E-state index in [1.807, 2.05) is 0 Å². The molecule has 3 aromatic heterocycles. The molecule has 4 nitrogen and oxygen atoms in total. The van der Waals surface area contributed by atoms with Crippen LogP contribution >= 0.6 is 0 Å². The van der Waals surface area contributed by atoms with Crippen molar-refractivity contribution in [3.05, 3.63) is 182 Å². The third-order valence-electron chi connectivity index (χ3n) is 10.5. The van der Waals surface area contributed by atoms with Gasteiger partial charge in [0, 0.05) is 49.4 Å². The van der Waals surface area contributed by atoms with E-state index < -0.39 is 0 Å². The molecule has 0 radical (unpaired) electrons. The smallest absolute Gasteiger partial charge is 0.160 e. The Morgan fingerprint density at radius 3 is 1.65 bits per heavy atom. The Morgan fingerprint density at radius 2 is 0.904 bits per heavy atom. The lowest BCUT2D eigenvalue weighted by molar-refractivity contribution is 1.17. The number of benzene rings is 8. The topological polar surface area (TPSA) is 35.6 Å². The van der Waals surface area contributed by atoms with Gasteiger partial charge in [0.2, 0.25) is 0 Å². The van der Waals surface area contributed by atoms with Crippen LogP contribution in [0.25, 0.3) is 99.3 Å². The van der Waals surface area contributed by atoms with Gasteiger partial charge < -0.3 is 9.13 Å². The van der Waals surface area contributed by atoms with Crippen molar-refractivity contribution in [3.63, 3.8) is 0 Å². The van der Waals surface area contributed by atoms with Gasteiger partial charge in [-0.2, -0.15) is 0 Å². The first-order chi connectivity index (χ1) is 25.8. The summed E-state index contributed by atoms with van der Waals surface area (Å²) in [4.78, 5) is 10.5. The molecule has 52 heavy (non-hydrogen) atoms. The second kappa shape index (κ2) is 11.2. The van der Waals surface area contributed by atoms with Crippen molar-refractivity contribution >= 4 is 65.3 Å². The zero-order valence-corrected chi connectivity index (χ0v) is 28.1. The van der Waals surface area contributed by atoms with Crippen LogP contribution in [0.1, 0.15) is 0 Å². The Bertz CT molecular complexity index is 3180. The molecule has 0 unspecified atom stereocenters. The second-order valence-electron chi connectivity index (χ2n) is 13.4. The van der Waals surface area contributed by atoms with Crippen LogP contribution in [-0.2, 0) is 0 Å². The molecule has 11 aromatic rings. The lowest BCUT2D eigenvalue weighted by Crippen LogP contribution is -1.98. The molecule has 0 aliphatic heterocycles. The minimum absolute atomic E-state index is 0.706. The average Bonchev–Trinajstić information content (AvgIpc) is 3.71. The predicted molar refractivity (Wildman–Crippen MR) is 217 cm³/mol. The summed E-state index contributed by atoms with van der Waals surface area (Å²) in [6.45, 7) is 0. The summed E-state index contributed by atoms with van der Waals surface area (Å²) in [5.74, 6) is 0.706. The van der Waals surface area contributed by atoms with Crippen molar-refractivity contribution in [1.82, 2.24) is 19.1 Å². The van der Waals surface area contributed by atoms with E-state index in [-0.39, 0.29) is 0 Å². The van der Waals surface area contributed by atoms with Gasteiger partial charge in [-0.05, 0) is 65.4 Å². The molecule has 4 heteroatoms. The van der Waals surface area contributed by atoms with Gasteiger partial charge in [0.25, 0.3) is 0 Å². The second-order valence-corrected chi connectivity index (χ2v) is 13.4. The van der Waals surface area contributed by atoms with E-state index >= 15 is 0 Å². The van der Waals surface area contributed by atoms with E-state index in [2.05, 4.69) is 191 Å². The molecule has 0 atom stereocenters. The molecule has 8 aromatic carbocycles. The van der Waals surface area contributed by atoms with Crippen molar-refractivity contribution in [1.29, 1.82) is 0 Å². The van der Waals surface area contributed by atoms with Crippen LogP contribution in [0.2, 0.25) is 0 Å². The molecule has 0 N–H and O–H groups in total. The SMILES string of the molecule is c1ccc(-n2c3ccccc3c3cc4c(cc32)c2ccccc2n4-c2cccc(-c3nc(-c4cccc5ccccc45)c4ccccc4n3)c2)cc1. The van der Waals surface area contributed by atoms with Gasteiger partial charge in [0.05, 0.1) is 33.3 Å². The molecular formula is C48H30N4. The highest BCUT2D eigenvalue weighted by atomic mass is 15.0. The van der Waals surface area contributed by atoms with Crippen molar-refractivity contribution in [2.24, 2.45) is 0 Å². The van der Waals surface area contributed by atoms with Crippen LogP contribution in [-0.4, -0.2) is 19.1 Å². The normalized spacial score (nSPS) is 11.8. The highest BCUT2D eigenvalue weighted by molar-refractivity contribution is 6.19. The minimum Gasteiger partial charge on any atom is -0.309 e. The molecule has 3 heterocycles. The number of nitrogens with zero attached hydrogens (tertiary/aromatic N) is 4. The fourth-order valence-corrected chi connectivity index (χ4v) is 8.19. The number of fused-ring (bicyclic) bond motifs is 8. The number of hydrogen-bond donors (Lipinski definition) is 0. The van der Waals surface area contributed by atoms with E-state index in [1.54, 1.807) is 0 Å². The molecule has 0 aliphatic carbocycles. The molecule has 0 saturated heterocycles. The maximum Gasteiger partial charge on any atom is 0.160 e. The van der Waals surface area contributed by atoms with Crippen LogP contribution < -0.4 is 0 Å². The number of rotatable bonds is 4. The van der Waals surface area contributed by atoms with Crippen molar-refractivity contribution in [2.45, 2.75) is 0 Å². The van der Waals surface area contributed by atoms with Gasteiger partial charge in [-0.15, -0.1) is 0 Å². The van der Waals surface area contributed by atoms with Crippen LogP contribution in [0.5, 0.6) is 0 Å². The fourth-order valence-electron chi connectivity index (χ4n) is 8.19. The third-order valence-corrected chi connectivity index (χ3v) is 10.5. The van der Waals surface area contributed by atoms with Crippen LogP contribution in [0.3, 0.4) is 0 Å². The van der Waals surface area contributed by atoms with E-state index in [9.17, 15) is 0 Å². The molecule has 0 aliphatic rings. The van der Waals surface area contributed by atoms with Gasteiger partial charge in [-0.3, -0.25) is 0 Å². The number of para-hydroxylation sites is 4. The summed E-state index contributed by atoms with van der Waals surface area (Å²) in [5, 5.41) is 8.31. The fraction of sp³-hybridized carbons (Fsp3) is 0. The Balaban J connectivity index is 1.15. The Labute approximate surface area is 299 Å². The Kier molecular flexibility index (Phi) is 6.22. The van der Waals surface area contributed by atoms with Crippen LogP contribution in [0, 0.1) is 0 Å². The maximum atomic E-state index is 5.32. The van der Waals surface area contributed by atoms with Gasteiger partial charge in [-0.25, -0.2) is 9.97 Å². The highest BCUT2D eigenvalue weighted by Crippen LogP contribution is 2.40. The van der Waals surface area contributed by atoms with E-state index in [1.165, 1.54) is 43.4 Å². The molecule has 0 spiro atoms. The summed E-state index contributed by atoms with van der Waals surface area (Å²) in [6.07, 6.45) is 0. The Morgan fingerprint density at radius 1 is 0.346 bits per heavy atom. The monoisotopic (exact) mass is 662 g/mol. The lowest BCUT2D eigenvalue weighted by atomic mass is 9.99. The minimum atomic E-state index is 0.706. The van der Waals surface area contributed by atoms with Crippen LogP contribution in [0.4, 0.5) is 0 Å². The zero-order chi connectivity index (χ0) is 34.2. The first-order valence-electron chi connectivity index (χ1n) is 17.7. The maximum absolute atomic E-state index is 5.32. The number of hydrogen-bond acceptors (Lipinski definition) is 2. The number of aromatic nitrogens is 4. The summed E-state index contributed by atoms with van der Waals surface area (Å²) < 4.78 is 4.79. The molecule has 0 saturated carbocycles. The molecule has 11 rings (SSSR count). The summed E-state index contributed by atoms with van der Waals surface area (Å²) in [7, 11) is 0. The van der Waals surface area contributed by atoms with Gasteiger partial charge in [0.1, 0.15) is 0 Å². The summed E-state index contributed by atoms with van der Waals surface area (Å²) in [5.41, 5.74) is 10.9. The standard InChI is InChI=1S/C48H30N4/c1-2-17-33(18-3-1)51-43-26-10-7-21-36(43)40-30-46-41(29-45(40)51)37-22-8-11-27-44(37)52(46)34-19-12-16-32(28-34)48-49-42-25-9-6-23-39(42)47(50-48)38-24-13-15-31-14-4-5-20-35(31)38/h1-30H. The summed E-state index contributed by atoms with van der Waals surface area (Å²) >= 11 is 0. The van der Waals surface area contributed by atoms with E-state index in [0.717, 1.165) is 50.1 Å². The molecule has 0 amide bonds. The van der Waals surface area contributed by atoms with Crippen molar-refractivity contribution in [2.75, 3.05) is 0 Å². The Hall–Kier alpha value is -7.04. The molecule has 0 fully saturated rings. The first kappa shape index (κ1) is 28.8. The molecular weight excluding hydrogens is 633 g/mol. The van der Waals surface area contributed by atoms with Crippen molar-refractivity contribution < 1.29 is 0 Å². The zero-order valence-electron chi connectivity index (χ0n) is 28.1. The highest BCUT2D eigenvalue weighted by Gasteiger charge is 2.19. The van der Waals surface area contributed by atoms with Crippen molar-refractivity contribution in [3.8, 4) is 34.0 Å². The lowest BCUT2D eigenvalue weighted by Gasteiger charge is -2.13. The first-order valence-corrected chi connectivity index (χ1v) is 17.7. The van der Waals surface area contributed by atoms with Gasteiger partial charge >= 0.3 is 0 Å². The molecule has 0 bridgehead atoms.